The maximum Gasteiger partial charge on any atom is 0.0952 e. The van der Waals surface area contributed by atoms with Crippen LogP contribution in [-0.4, -0.2) is 4.21 Å². The van der Waals surface area contributed by atoms with Crippen LogP contribution < -0.4 is 0 Å². The van der Waals surface area contributed by atoms with E-state index in [0.29, 0.717) is 0 Å². The molecule has 23 heavy (non-hydrogen) atoms. The van der Waals surface area contributed by atoms with E-state index in [0.717, 1.165) is 5.56 Å². The Kier molecular flexibility index (Phi) is 4.06. The average Bonchev–Trinajstić information content (AvgIpc) is 2.62. The first-order valence-corrected chi connectivity index (χ1v) is 10.2. The summed E-state index contributed by atoms with van der Waals surface area (Å²) in [5.41, 5.74) is 4.80. The van der Waals surface area contributed by atoms with E-state index in [1.54, 1.807) is 10.8 Å². The van der Waals surface area contributed by atoms with E-state index in [9.17, 15) is 4.21 Å². The van der Waals surface area contributed by atoms with Crippen molar-refractivity contribution in [1.82, 2.24) is 0 Å². The standard InChI is InChI=1S/C20H16OS2/c21-23-20(16-11-5-2-6-12-16)18-14-8-7-13-17(18)19(22-23)15-9-3-1-4-10-15/h1-14,19-20H. The molecule has 0 spiro atoms. The number of hydrogen-bond donors (Lipinski definition) is 0. The highest BCUT2D eigenvalue weighted by Crippen LogP contribution is 2.51. The molecule has 0 bridgehead atoms. The first kappa shape index (κ1) is 14.7. The van der Waals surface area contributed by atoms with Crippen molar-refractivity contribution in [2.45, 2.75) is 10.5 Å². The highest BCUT2D eigenvalue weighted by atomic mass is 33.1. The van der Waals surface area contributed by atoms with Crippen LogP contribution in [0.5, 0.6) is 0 Å². The lowest BCUT2D eigenvalue weighted by molar-refractivity contribution is 0.686. The topological polar surface area (TPSA) is 17.1 Å². The van der Waals surface area contributed by atoms with Crippen molar-refractivity contribution >= 4 is 20.6 Å². The van der Waals surface area contributed by atoms with Gasteiger partial charge in [-0.2, -0.15) is 0 Å². The van der Waals surface area contributed by atoms with E-state index < -0.39 is 9.83 Å². The predicted molar refractivity (Wildman–Crippen MR) is 98.7 cm³/mol. The van der Waals surface area contributed by atoms with Crippen LogP contribution in [0.25, 0.3) is 0 Å². The van der Waals surface area contributed by atoms with Gasteiger partial charge in [0.1, 0.15) is 0 Å². The minimum Gasteiger partial charge on any atom is -0.247 e. The molecule has 0 saturated heterocycles. The molecular formula is C20H16OS2. The molecule has 0 aromatic heterocycles. The van der Waals surface area contributed by atoms with Gasteiger partial charge in [-0.05, 0) is 33.0 Å². The number of hydrogen-bond acceptors (Lipinski definition) is 2. The molecule has 3 heteroatoms. The highest BCUT2D eigenvalue weighted by molar-refractivity contribution is 8.69. The van der Waals surface area contributed by atoms with Gasteiger partial charge in [0.15, 0.2) is 0 Å². The molecule has 0 amide bonds. The lowest BCUT2D eigenvalue weighted by Crippen LogP contribution is -2.17. The van der Waals surface area contributed by atoms with Gasteiger partial charge in [0, 0.05) is 0 Å². The van der Waals surface area contributed by atoms with Crippen molar-refractivity contribution in [3.63, 3.8) is 0 Å². The molecule has 3 aromatic carbocycles. The van der Waals surface area contributed by atoms with Crippen molar-refractivity contribution < 1.29 is 4.21 Å². The van der Waals surface area contributed by atoms with E-state index in [-0.39, 0.29) is 10.5 Å². The van der Waals surface area contributed by atoms with Crippen molar-refractivity contribution in [3.8, 4) is 0 Å². The molecular weight excluding hydrogens is 320 g/mol. The summed E-state index contributed by atoms with van der Waals surface area (Å²) in [7, 11) is 0.553. The zero-order valence-electron chi connectivity index (χ0n) is 12.5. The molecule has 0 aliphatic carbocycles. The smallest absolute Gasteiger partial charge is 0.0952 e. The van der Waals surface area contributed by atoms with Crippen molar-refractivity contribution in [2.24, 2.45) is 0 Å². The van der Waals surface area contributed by atoms with Crippen molar-refractivity contribution in [3.05, 3.63) is 107 Å². The lowest BCUT2D eigenvalue weighted by atomic mass is 9.94. The normalized spacial score (nSPS) is 23.2. The highest BCUT2D eigenvalue weighted by Gasteiger charge is 2.34. The van der Waals surface area contributed by atoms with Gasteiger partial charge >= 0.3 is 0 Å². The molecule has 0 radical (unpaired) electrons. The largest absolute Gasteiger partial charge is 0.247 e. The molecule has 4 rings (SSSR count). The van der Waals surface area contributed by atoms with Crippen LogP contribution in [0.4, 0.5) is 0 Å². The molecule has 0 saturated carbocycles. The fourth-order valence-electron chi connectivity index (χ4n) is 3.08. The fraction of sp³-hybridized carbons (Fsp3) is 0.100. The zero-order chi connectivity index (χ0) is 15.6. The van der Waals surface area contributed by atoms with E-state index in [1.165, 1.54) is 16.7 Å². The summed E-state index contributed by atoms with van der Waals surface area (Å²) in [6, 6.07) is 29.0. The van der Waals surface area contributed by atoms with E-state index in [1.807, 2.05) is 42.5 Å². The molecule has 114 valence electrons. The van der Waals surface area contributed by atoms with Gasteiger partial charge in [-0.15, -0.1) is 0 Å². The fourth-order valence-corrected chi connectivity index (χ4v) is 6.96. The third-order valence-electron chi connectivity index (χ3n) is 4.15. The summed E-state index contributed by atoms with van der Waals surface area (Å²) in [5.74, 6) is 0. The first-order valence-electron chi connectivity index (χ1n) is 7.61. The van der Waals surface area contributed by atoms with Crippen LogP contribution in [0.1, 0.15) is 32.8 Å². The van der Waals surface area contributed by atoms with Crippen LogP contribution in [0, 0.1) is 0 Å². The first-order chi connectivity index (χ1) is 11.3. The Labute approximate surface area is 142 Å². The molecule has 3 aromatic rings. The Morgan fingerprint density at radius 2 is 1.17 bits per heavy atom. The average molecular weight is 336 g/mol. The minimum absolute atomic E-state index is 0.0580. The Morgan fingerprint density at radius 1 is 0.652 bits per heavy atom. The molecule has 1 aliphatic rings. The Bertz CT molecular complexity index is 831. The monoisotopic (exact) mass is 336 g/mol. The number of fused-ring (bicyclic) bond motifs is 1. The Balaban J connectivity index is 1.85. The number of rotatable bonds is 2. The van der Waals surface area contributed by atoms with Gasteiger partial charge < -0.3 is 0 Å². The van der Waals surface area contributed by atoms with E-state index >= 15 is 0 Å². The lowest BCUT2D eigenvalue weighted by Gasteiger charge is -2.30. The third kappa shape index (κ3) is 2.75. The summed E-state index contributed by atoms with van der Waals surface area (Å²) in [5, 5.41) is 0.0746. The van der Waals surface area contributed by atoms with E-state index in [2.05, 4.69) is 42.5 Å². The summed E-state index contributed by atoms with van der Waals surface area (Å²) in [4.78, 5) is 0. The third-order valence-corrected chi connectivity index (χ3v) is 7.69. The second kappa shape index (κ2) is 6.34. The maximum absolute atomic E-state index is 13.0. The van der Waals surface area contributed by atoms with Crippen LogP contribution in [0.3, 0.4) is 0 Å². The second-order valence-electron chi connectivity index (χ2n) is 5.57. The molecule has 3 unspecified atom stereocenters. The summed E-state index contributed by atoms with van der Waals surface area (Å²) in [6.45, 7) is 0. The van der Waals surface area contributed by atoms with Crippen molar-refractivity contribution in [1.29, 1.82) is 0 Å². The van der Waals surface area contributed by atoms with E-state index in [4.69, 9.17) is 0 Å². The van der Waals surface area contributed by atoms with Crippen LogP contribution in [0.2, 0.25) is 0 Å². The zero-order valence-corrected chi connectivity index (χ0v) is 14.1. The second-order valence-corrected chi connectivity index (χ2v) is 8.79. The van der Waals surface area contributed by atoms with Gasteiger partial charge in [0.2, 0.25) is 0 Å². The quantitative estimate of drug-likeness (QED) is 0.593. The molecule has 1 nitrogen and oxygen atoms in total. The summed E-state index contributed by atoms with van der Waals surface area (Å²) in [6.07, 6.45) is 0. The molecule has 1 heterocycles. The molecule has 0 N–H and O–H groups in total. The van der Waals surface area contributed by atoms with Gasteiger partial charge in [-0.3, -0.25) is 0 Å². The van der Waals surface area contributed by atoms with Crippen molar-refractivity contribution in [2.75, 3.05) is 0 Å². The van der Waals surface area contributed by atoms with Gasteiger partial charge in [-0.25, -0.2) is 4.21 Å². The maximum atomic E-state index is 13.0. The summed E-state index contributed by atoms with van der Waals surface area (Å²) < 4.78 is 13.0. The van der Waals surface area contributed by atoms with Crippen LogP contribution in [-0.2, 0) is 9.83 Å². The molecule has 0 fully saturated rings. The minimum atomic E-state index is -1.00. The predicted octanol–water partition coefficient (Wildman–Crippen LogP) is 5.28. The number of benzene rings is 3. The Morgan fingerprint density at radius 3 is 1.83 bits per heavy atom. The van der Waals surface area contributed by atoms with Gasteiger partial charge in [-0.1, -0.05) is 84.9 Å². The van der Waals surface area contributed by atoms with Crippen LogP contribution in [0.15, 0.2) is 84.9 Å². The SMILES string of the molecule is O=S1SC(c2ccccc2)c2ccccc2C1c1ccccc1. The van der Waals surface area contributed by atoms with Crippen LogP contribution >= 0.6 is 10.8 Å². The summed E-state index contributed by atoms with van der Waals surface area (Å²) >= 11 is 0. The molecule has 1 aliphatic heterocycles. The van der Waals surface area contributed by atoms with Gasteiger partial charge in [0.25, 0.3) is 0 Å². The van der Waals surface area contributed by atoms with Gasteiger partial charge in [0.05, 0.1) is 20.3 Å². The molecule has 3 atom stereocenters. The Hall–Kier alpha value is -1.84.